The molecule has 3 rings (SSSR count). The fraction of sp³-hybridized carbons (Fsp3) is 0.391. The molecule has 0 bridgehead atoms. The molecule has 178 valence electrons. The molecule has 0 radical (unpaired) electrons. The lowest BCUT2D eigenvalue weighted by Gasteiger charge is -2.28. The first-order valence-corrected chi connectivity index (χ1v) is 12.4. The monoisotopic (exact) mass is 494 g/mol. The number of hydrogen-bond acceptors (Lipinski definition) is 6. The Morgan fingerprint density at radius 1 is 1.12 bits per heavy atom. The van der Waals surface area contributed by atoms with Gasteiger partial charge < -0.3 is 14.8 Å². The molecular weight excluding hydrogens is 468 g/mol. The maximum absolute atomic E-state index is 13.2. The highest BCUT2D eigenvalue weighted by atomic mass is 35.5. The molecule has 0 aromatic heterocycles. The molecule has 1 saturated carbocycles. The van der Waals surface area contributed by atoms with Crippen molar-refractivity contribution in [2.24, 2.45) is 0 Å². The lowest BCUT2D eigenvalue weighted by atomic mass is 9.97. The van der Waals surface area contributed by atoms with E-state index >= 15 is 0 Å². The number of ether oxygens (including phenoxy) is 2. The van der Waals surface area contributed by atoms with Crippen LogP contribution in [0, 0.1) is 0 Å². The Hall–Kier alpha value is -2.78. The number of sulfonamides is 1. The fourth-order valence-corrected chi connectivity index (χ4v) is 5.27. The van der Waals surface area contributed by atoms with E-state index in [-0.39, 0.29) is 22.1 Å². The second kappa shape index (κ2) is 10.0. The van der Waals surface area contributed by atoms with Gasteiger partial charge in [-0.15, -0.1) is 0 Å². The Balaban J connectivity index is 1.90. The minimum Gasteiger partial charge on any atom is -0.497 e. The molecule has 1 aliphatic carbocycles. The third kappa shape index (κ3) is 5.09. The average Bonchev–Trinajstić information content (AvgIpc) is 3.28. The zero-order chi connectivity index (χ0) is 24.2. The lowest BCUT2D eigenvalue weighted by Crippen LogP contribution is -2.53. The summed E-state index contributed by atoms with van der Waals surface area (Å²) in [6.45, 7) is 1.90. The van der Waals surface area contributed by atoms with Gasteiger partial charge in [0.05, 0.1) is 34.9 Å². The number of hydrogen-bond donors (Lipinski definition) is 1. The summed E-state index contributed by atoms with van der Waals surface area (Å²) >= 11 is 6.24. The van der Waals surface area contributed by atoms with Gasteiger partial charge in [-0.3, -0.25) is 9.10 Å². The molecule has 2 aromatic rings. The van der Waals surface area contributed by atoms with Gasteiger partial charge in [0.15, 0.2) is 0 Å². The second-order valence-corrected chi connectivity index (χ2v) is 10.2. The quantitative estimate of drug-likeness (QED) is 0.560. The lowest BCUT2D eigenvalue weighted by molar-refractivity contribution is -0.150. The van der Waals surface area contributed by atoms with E-state index in [9.17, 15) is 18.0 Å². The Labute approximate surface area is 198 Å². The van der Waals surface area contributed by atoms with Gasteiger partial charge in [-0.2, -0.15) is 0 Å². The molecule has 1 fully saturated rings. The van der Waals surface area contributed by atoms with Crippen molar-refractivity contribution < 1.29 is 27.5 Å². The SMILES string of the molecule is CCOC(=O)C1(NC(=O)c2cc(S(=O)(=O)N(C)c3ccc(OC)cc3)ccc2Cl)CCCC1. The summed E-state index contributed by atoms with van der Waals surface area (Å²) in [5.74, 6) is -0.522. The van der Waals surface area contributed by atoms with Gasteiger partial charge in [0.25, 0.3) is 15.9 Å². The van der Waals surface area contributed by atoms with Crippen LogP contribution in [0.5, 0.6) is 5.75 Å². The van der Waals surface area contributed by atoms with Crippen LogP contribution in [0.3, 0.4) is 0 Å². The van der Waals surface area contributed by atoms with Crippen LogP contribution in [0.15, 0.2) is 47.4 Å². The Bertz CT molecular complexity index is 1130. The van der Waals surface area contributed by atoms with Gasteiger partial charge in [-0.25, -0.2) is 13.2 Å². The topological polar surface area (TPSA) is 102 Å². The standard InChI is InChI=1S/C23H27ClN2O6S/c1-4-32-22(28)23(13-5-6-14-23)25-21(27)19-15-18(11-12-20(19)24)33(29,30)26(2)16-7-9-17(31-3)10-8-16/h7-12,15H,4-6,13-14H2,1-3H3,(H,25,27). The van der Waals surface area contributed by atoms with Crippen molar-refractivity contribution in [1.82, 2.24) is 5.32 Å². The van der Waals surface area contributed by atoms with Crippen molar-refractivity contribution in [3.63, 3.8) is 0 Å². The van der Waals surface area contributed by atoms with Crippen LogP contribution in [-0.2, 0) is 19.6 Å². The number of carbonyl (C=O) groups excluding carboxylic acids is 2. The number of carbonyl (C=O) groups is 2. The molecule has 1 N–H and O–H groups in total. The van der Waals surface area contributed by atoms with Crippen molar-refractivity contribution in [2.75, 3.05) is 25.1 Å². The molecule has 2 aromatic carbocycles. The molecule has 0 heterocycles. The first kappa shape index (κ1) is 24.9. The van der Waals surface area contributed by atoms with Crippen molar-refractivity contribution in [1.29, 1.82) is 0 Å². The number of benzene rings is 2. The number of amides is 1. The Kier molecular flexibility index (Phi) is 7.54. The predicted octanol–water partition coefficient (Wildman–Crippen LogP) is 3.78. The fourth-order valence-electron chi connectivity index (χ4n) is 3.84. The number of halogens is 1. The zero-order valence-corrected chi connectivity index (χ0v) is 20.3. The smallest absolute Gasteiger partial charge is 0.331 e. The maximum Gasteiger partial charge on any atom is 0.331 e. The molecule has 1 aliphatic rings. The highest BCUT2D eigenvalue weighted by molar-refractivity contribution is 7.92. The first-order valence-electron chi connectivity index (χ1n) is 10.6. The third-order valence-electron chi connectivity index (χ3n) is 5.75. The molecule has 0 spiro atoms. The Morgan fingerprint density at radius 2 is 1.76 bits per heavy atom. The molecule has 8 nitrogen and oxygen atoms in total. The summed E-state index contributed by atoms with van der Waals surface area (Å²) in [6, 6.07) is 10.5. The summed E-state index contributed by atoms with van der Waals surface area (Å²) in [6.07, 6.45) is 2.45. The van der Waals surface area contributed by atoms with E-state index in [1.165, 1.54) is 32.4 Å². The summed E-state index contributed by atoms with van der Waals surface area (Å²) in [4.78, 5) is 25.6. The number of nitrogens with one attached hydrogen (secondary N) is 1. The zero-order valence-electron chi connectivity index (χ0n) is 18.8. The average molecular weight is 495 g/mol. The molecule has 0 unspecified atom stereocenters. The van der Waals surface area contributed by atoms with Crippen LogP contribution in [0.25, 0.3) is 0 Å². The summed E-state index contributed by atoms with van der Waals surface area (Å²) in [5, 5.41) is 2.85. The van der Waals surface area contributed by atoms with E-state index < -0.39 is 27.4 Å². The van der Waals surface area contributed by atoms with Gasteiger partial charge in [0.2, 0.25) is 0 Å². The molecule has 1 amide bonds. The van der Waals surface area contributed by atoms with Gasteiger partial charge in [-0.05, 0) is 62.2 Å². The van der Waals surface area contributed by atoms with Crippen molar-refractivity contribution in [3.8, 4) is 5.75 Å². The highest BCUT2D eigenvalue weighted by Crippen LogP contribution is 2.32. The first-order chi connectivity index (χ1) is 15.6. The van der Waals surface area contributed by atoms with Gasteiger partial charge in [0.1, 0.15) is 11.3 Å². The number of rotatable bonds is 8. The van der Waals surface area contributed by atoms with Crippen molar-refractivity contribution >= 4 is 39.2 Å². The summed E-state index contributed by atoms with van der Waals surface area (Å²) in [5.41, 5.74) is -0.744. The van der Waals surface area contributed by atoms with E-state index in [4.69, 9.17) is 21.1 Å². The molecule has 0 atom stereocenters. The second-order valence-electron chi connectivity index (χ2n) is 7.78. The summed E-state index contributed by atoms with van der Waals surface area (Å²) in [7, 11) is -1.05. The molecule has 33 heavy (non-hydrogen) atoms. The van der Waals surface area contributed by atoms with Gasteiger partial charge in [-0.1, -0.05) is 24.4 Å². The van der Waals surface area contributed by atoms with Crippen LogP contribution in [0.2, 0.25) is 5.02 Å². The van der Waals surface area contributed by atoms with Crippen molar-refractivity contribution in [2.45, 2.75) is 43.0 Å². The Morgan fingerprint density at radius 3 is 2.33 bits per heavy atom. The molecule has 10 heteroatoms. The number of anilines is 1. The summed E-state index contributed by atoms with van der Waals surface area (Å²) < 4.78 is 37.8. The van der Waals surface area contributed by atoms with E-state index in [1.807, 2.05) is 0 Å². The van der Waals surface area contributed by atoms with E-state index in [1.54, 1.807) is 31.2 Å². The number of esters is 1. The predicted molar refractivity (Wildman–Crippen MR) is 125 cm³/mol. The van der Waals surface area contributed by atoms with E-state index in [0.717, 1.165) is 17.1 Å². The number of nitrogens with zero attached hydrogens (tertiary/aromatic N) is 1. The minimum absolute atomic E-state index is 0.0311. The molecule has 0 saturated heterocycles. The van der Waals surface area contributed by atoms with Crippen molar-refractivity contribution in [3.05, 3.63) is 53.1 Å². The minimum atomic E-state index is -3.99. The largest absolute Gasteiger partial charge is 0.497 e. The third-order valence-corrected chi connectivity index (χ3v) is 7.86. The van der Waals surface area contributed by atoms with Crippen LogP contribution in [-0.4, -0.2) is 46.6 Å². The van der Waals surface area contributed by atoms with Crippen LogP contribution in [0.1, 0.15) is 43.0 Å². The van der Waals surface area contributed by atoms with E-state index in [0.29, 0.717) is 24.3 Å². The van der Waals surface area contributed by atoms with Crippen LogP contribution >= 0.6 is 11.6 Å². The van der Waals surface area contributed by atoms with E-state index in [2.05, 4.69) is 5.32 Å². The van der Waals surface area contributed by atoms with Crippen LogP contribution < -0.4 is 14.4 Å². The molecular formula is C23H27ClN2O6S. The number of methoxy groups -OCH3 is 1. The highest BCUT2D eigenvalue weighted by Gasteiger charge is 2.44. The van der Waals surface area contributed by atoms with Gasteiger partial charge >= 0.3 is 5.97 Å². The van der Waals surface area contributed by atoms with Gasteiger partial charge in [0, 0.05) is 7.05 Å². The van der Waals surface area contributed by atoms with Crippen LogP contribution in [0.4, 0.5) is 5.69 Å². The maximum atomic E-state index is 13.2. The molecule has 0 aliphatic heterocycles. The normalized spacial score (nSPS) is 15.0.